The quantitative estimate of drug-likeness (QED) is 0.718. The van der Waals surface area contributed by atoms with Gasteiger partial charge in [0.2, 0.25) is 0 Å². The number of carbonyl (C=O) groups is 2. The van der Waals surface area contributed by atoms with Crippen molar-refractivity contribution in [2.45, 2.75) is 39.5 Å². The molecule has 0 atom stereocenters. The molecule has 1 amide bonds. The fraction of sp³-hybridized carbons (Fsp3) is 0.615. The molecule has 0 fully saturated rings. The molecule has 0 unspecified atom stereocenters. The van der Waals surface area contributed by atoms with Crippen molar-refractivity contribution in [3.05, 3.63) is 17.5 Å². The summed E-state index contributed by atoms with van der Waals surface area (Å²) in [4.78, 5) is 22.3. The third-order valence-corrected chi connectivity index (χ3v) is 3.50. The summed E-state index contributed by atoms with van der Waals surface area (Å²) in [6.07, 6.45) is 4.17. The molecule has 1 aromatic heterocycles. The average Bonchev–Trinajstić information content (AvgIpc) is 2.78. The van der Waals surface area contributed by atoms with Crippen LogP contribution in [0.3, 0.4) is 0 Å². The summed E-state index contributed by atoms with van der Waals surface area (Å²) in [6, 6.07) is 1.73. The number of H-pyrrole nitrogens is 1. The number of hydrogen-bond donors (Lipinski definition) is 2. The SMILES string of the molecule is CC(=O)SCCCCCCNC(=O)c1cc(C)[nH]n1. The summed E-state index contributed by atoms with van der Waals surface area (Å²) in [5.41, 5.74) is 1.32. The Kier molecular flexibility index (Phi) is 7.25. The van der Waals surface area contributed by atoms with Gasteiger partial charge in [-0.15, -0.1) is 0 Å². The molecule has 1 aromatic rings. The second-order valence-electron chi connectivity index (χ2n) is 4.45. The fourth-order valence-corrected chi connectivity index (χ4v) is 2.26. The van der Waals surface area contributed by atoms with Crippen molar-refractivity contribution in [1.29, 1.82) is 0 Å². The molecule has 0 bridgehead atoms. The van der Waals surface area contributed by atoms with E-state index >= 15 is 0 Å². The molecule has 19 heavy (non-hydrogen) atoms. The monoisotopic (exact) mass is 283 g/mol. The summed E-state index contributed by atoms with van der Waals surface area (Å²) >= 11 is 1.38. The van der Waals surface area contributed by atoms with Gasteiger partial charge < -0.3 is 5.32 Å². The van der Waals surface area contributed by atoms with Crippen molar-refractivity contribution in [2.24, 2.45) is 0 Å². The fourth-order valence-electron chi connectivity index (χ4n) is 1.62. The molecule has 0 aliphatic carbocycles. The highest BCUT2D eigenvalue weighted by Gasteiger charge is 2.07. The van der Waals surface area contributed by atoms with Gasteiger partial charge in [0, 0.05) is 24.9 Å². The first-order valence-corrected chi connectivity index (χ1v) is 7.51. The number of carbonyl (C=O) groups excluding carboxylic acids is 2. The lowest BCUT2D eigenvalue weighted by molar-refractivity contribution is -0.109. The smallest absolute Gasteiger partial charge is 0.271 e. The molecule has 0 aliphatic rings. The zero-order valence-electron chi connectivity index (χ0n) is 11.5. The number of rotatable bonds is 8. The molecule has 0 aliphatic heterocycles. The highest BCUT2D eigenvalue weighted by Crippen LogP contribution is 2.07. The van der Waals surface area contributed by atoms with Crippen molar-refractivity contribution in [1.82, 2.24) is 15.5 Å². The van der Waals surface area contributed by atoms with Crippen LogP contribution in [0.1, 0.15) is 48.8 Å². The number of aromatic nitrogens is 2. The van der Waals surface area contributed by atoms with Gasteiger partial charge in [-0.1, -0.05) is 24.6 Å². The van der Waals surface area contributed by atoms with Gasteiger partial charge in [-0.05, 0) is 25.8 Å². The maximum atomic E-state index is 11.6. The standard InChI is InChI=1S/C13H21N3O2S/c1-10-9-12(16-15-10)13(18)14-7-5-3-4-6-8-19-11(2)17/h9H,3-8H2,1-2H3,(H,14,18)(H,15,16). The van der Waals surface area contributed by atoms with E-state index in [4.69, 9.17) is 0 Å². The van der Waals surface area contributed by atoms with Crippen molar-refractivity contribution in [3.8, 4) is 0 Å². The van der Waals surface area contributed by atoms with E-state index in [-0.39, 0.29) is 11.0 Å². The first kappa shape index (κ1) is 15.8. The Balaban J connectivity index is 1.99. The first-order valence-electron chi connectivity index (χ1n) is 6.53. The zero-order chi connectivity index (χ0) is 14.1. The van der Waals surface area contributed by atoms with Crippen LogP contribution >= 0.6 is 11.8 Å². The van der Waals surface area contributed by atoms with E-state index < -0.39 is 0 Å². The maximum absolute atomic E-state index is 11.6. The lowest BCUT2D eigenvalue weighted by Crippen LogP contribution is -2.24. The highest BCUT2D eigenvalue weighted by atomic mass is 32.2. The number of unbranched alkanes of at least 4 members (excludes halogenated alkanes) is 3. The predicted octanol–water partition coefficient (Wildman–Crippen LogP) is 2.29. The molecule has 1 heterocycles. The lowest BCUT2D eigenvalue weighted by atomic mass is 10.2. The second kappa shape index (κ2) is 8.74. The van der Waals surface area contributed by atoms with Gasteiger partial charge in [0.15, 0.2) is 5.12 Å². The molecule has 0 saturated carbocycles. The normalized spacial score (nSPS) is 10.4. The molecule has 1 rings (SSSR count). The van der Waals surface area contributed by atoms with Crippen molar-refractivity contribution < 1.29 is 9.59 Å². The van der Waals surface area contributed by atoms with E-state index in [1.54, 1.807) is 13.0 Å². The number of nitrogens with one attached hydrogen (secondary N) is 2. The third kappa shape index (κ3) is 7.00. The molecular weight excluding hydrogens is 262 g/mol. The molecule has 2 N–H and O–H groups in total. The highest BCUT2D eigenvalue weighted by molar-refractivity contribution is 8.13. The minimum Gasteiger partial charge on any atom is -0.351 e. The first-order chi connectivity index (χ1) is 9.09. The number of amides is 1. The largest absolute Gasteiger partial charge is 0.351 e. The van der Waals surface area contributed by atoms with Gasteiger partial charge in [0.1, 0.15) is 5.69 Å². The van der Waals surface area contributed by atoms with Crippen LogP contribution in [0.15, 0.2) is 6.07 Å². The number of nitrogens with zero attached hydrogens (tertiary/aromatic N) is 1. The summed E-state index contributed by atoms with van der Waals surface area (Å²) in [7, 11) is 0. The van der Waals surface area contributed by atoms with E-state index in [0.29, 0.717) is 12.2 Å². The summed E-state index contributed by atoms with van der Waals surface area (Å²) in [5, 5.41) is 9.67. The Morgan fingerprint density at radius 1 is 1.32 bits per heavy atom. The third-order valence-electron chi connectivity index (χ3n) is 2.60. The van der Waals surface area contributed by atoms with Crippen LogP contribution in [0, 0.1) is 6.92 Å². The molecule has 5 nitrogen and oxygen atoms in total. The van der Waals surface area contributed by atoms with Crippen molar-refractivity contribution >= 4 is 22.8 Å². The van der Waals surface area contributed by atoms with Crippen LogP contribution in [-0.2, 0) is 4.79 Å². The van der Waals surface area contributed by atoms with E-state index in [1.165, 1.54) is 11.8 Å². The predicted molar refractivity (Wildman–Crippen MR) is 77.3 cm³/mol. The molecule has 0 aromatic carbocycles. The second-order valence-corrected chi connectivity index (χ2v) is 5.72. The molecule has 0 saturated heterocycles. The van der Waals surface area contributed by atoms with Crippen LogP contribution in [0.2, 0.25) is 0 Å². The summed E-state index contributed by atoms with van der Waals surface area (Å²) in [5.74, 6) is 0.769. The van der Waals surface area contributed by atoms with Gasteiger partial charge in [-0.3, -0.25) is 14.7 Å². The van der Waals surface area contributed by atoms with Gasteiger partial charge in [0.05, 0.1) is 0 Å². The van der Waals surface area contributed by atoms with Crippen LogP contribution in [-0.4, -0.2) is 33.5 Å². The molecule has 106 valence electrons. The number of hydrogen-bond acceptors (Lipinski definition) is 4. The van der Waals surface area contributed by atoms with Crippen molar-refractivity contribution in [2.75, 3.05) is 12.3 Å². The maximum Gasteiger partial charge on any atom is 0.271 e. The van der Waals surface area contributed by atoms with E-state index in [2.05, 4.69) is 15.5 Å². The Bertz CT molecular complexity index is 418. The molecule has 6 heteroatoms. The average molecular weight is 283 g/mol. The van der Waals surface area contributed by atoms with E-state index in [0.717, 1.165) is 37.1 Å². The minimum absolute atomic E-state index is 0.128. The van der Waals surface area contributed by atoms with Crippen LogP contribution in [0.4, 0.5) is 0 Å². The van der Waals surface area contributed by atoms with Gasteiger partial charge in [-0.25, -0.2) is 0 Å². The zero-order valence-corrected chi connectivity index (χ0v) is 12.3. The van der Waals surface area contributed by atoms with Crippen LogP contribution < -0.4 is 5.32 Å². The topological polar surface area (TPSA) is 74.8 Å². The summed E-state index contributed by atoms with van der Waals surface area (Å²) in [6.45, 7) is 4.13. The Hall–Kier alpha value is -1.30. The van der Waals surface area contributed by atoms with Crippen LogP contribution in [0.25, 0.3) is 0 Å². The van der Waals surface area contributed by atoms with Crippen LogP contribution in [0.5, 0.6) is 0 Å². The van der Waals surface area contributed by atoms with Gasteiger partial charge in [-0.2, -0.15) is 5.10 Å². The van der Waals surface area contributed by atoms with Crippen molar-refractivity contribution in [3.63, 3.8) is 0 Å². The van der Waals surface area contributed by atoms with E-state index in [9.17, 15) is 9.59 Å². The minimum atomic E-state index is -0.128. The summed E-state index contributed by atoms with van der Waals surface area (Å²) < 4.78 is 0. The number of thioether (sulfide) groups is 1. The van der Waals surface area contributed by atoms with E-state index in [1.807, 2.05) is 6.92 Å². The Morgan fingerprint density at radius 3 is 2.68 bits per heavy atom. The Labute approximate surface area is 117 Å². The van der Waals surface area contributed by atoms with Gasteiger partial charge in [0.25, 0.3) is 5.91 Å². The molecule has 0 spiro atoms. The molecular formula is C13H21N3O2S. The molecule has 0 radical (unpaired) electrons. The Morgan fingerprint density at radius 2 is 2.05 bits per heavy atom. The number of aromatic amines is 1. The number of aryl methyl sites for hydroxylation is 1. The van der Waals surface area contributed by atoms with Gasteiger partial charge >= 0.3 is 0 Å². The lowest BCUT2D eigenvalue weighted by Gasteiger charge is -2.03.